The van der Waals surface area contributed by atoms with Gasteiger partial charge in [0.2, 0.25) is 0 Å². The Kier molecular flexibility index (Phi) is 6.14. The van der Waals surface area contributed by atoms with Crippen LogP contribution < -0.4 is 0 Å². The first kappa shape index (κ1) is 26.2. The molecule has 0 N–H and O–H groups in total. The molecule has 3 heteroatoms. The maximum Gasteiger partial charge on any atom is 0.101 e. The van der Waals surface area contributed by atoms with Gasteiger partial charge in [-0.3, -0.25) is 0 Å². The quantitative estimate of drug-likeness (QED) is 0.196. The molecule has 0 amide bonds. The Morgan fingerprint density at radius 2 is 0.935 bits per heavy atom. The highest BCUT2D eigenvalue weighted by Gasteiger charge is 2.23. The topological polar surface area (TPSA) is 22.8 Å². The van der Waals surface area contributed by atoms with E-state index in [0.717, 1.165) is 45.0 Å². The maximum absolute atomic E-state index is 5.39. The van der Waals surface area contributed by atoms with Gasteiger partial charge in [-0.2, -0.15) is 5.10 Å². The summed E-state index contributed by atoms with van der Waals surface area (Å²) < 4.78 is 4.48. The summed E-state index contributed by atoms with van der Waals surface area (Å²) in [7, 11) is 0. The lowest BCUT2D eigenvalue weighted by Crippen LogP contribution is -2.01. The zero-order valence-electron chi connectivity index (χ0n) is 25.1. The van der Waals surface area contributed by atoms with Crippen LogP contribution in [-0.2, 0) is 0 Å². The van der Waals surface area contributed by atoms with Gasteiger partial charge in [0.25, 0.3) is 0 Å². The van der Waals surface area contributed by atoms with Crippen molar-refractivity contribution >= 4 is 32.6 Å². The van der Waals surface area contributed by atoms with Crippen molar-refractivity contribution < 1.29 is 0 Å². The predicted molar refractivity (Wildman–Crippen MR) is 192 cm³/mol. The van der Waals surface area contributed by atoms with Crippen LogP contribution >= 0.6 is 0 Å². The molecule has 46 heavy (non-hydrogen) atoms. The van der Waals surface area contributed by atoms with Crippen LogP contribution in [0.5, 0.6) is 0 Å². The number of rotatable bonds is 5. The van der Waals surface area contributed by atoms with E-state index in [2.05, 4.69) is 185 Å². The second-order valence-electron chi connectivity index (χ2n) is 11.7. The third kappa shape index (κ3) is 4.25. The van der Waals surface area contributed by atoms with Gasteiger partial charge in [0.1, 0.15) is 5.69 Å². The largest absolute Gasteiger partial charge is 0.309 e. The molecule has 0 spiro atoms. The molecular weight excluding hydrogens is 558 g/mol. The summed E-state index contributed by atoms with van der Waals surface area (Å²) in [5, 5.41) is 10.3. The Hall–Kier alpha value is -6.19. The van der Waals surface area contributed by atoms with E-state index in [-0.39, 0.29) is 0 Å². The minimum atomic E-state index is 0.959. The molecule has 2 aromatic heterocycles. The summed E-state index contributed by atoms with van der Waals surface area (Å²) >= 11 is 0. The molecule has 3 nitrogen and oxygen atoms in total. The number of fused-ring (bicyclic) bond motifs is 4. The highest BCUT2D eigenvalue weighted by atomic mass is 15.3. The summed E-state index contributed by atoms with van der Waals surface area (Å²) in [5.41, 5.74) is 11.0. The van der Waals surface area contributed by atoms with Crippen LogP contribution in [0.25, 0.3) is 77.6 Å². The van der Waals surface area contributed by atoms with Crippen LogP contribution in [0.1, 0.15) is 0 Å². The molecule has 9 rings (SSSR count). The average molecular weight is 588 g/mol. The third-order valence-corrected chi connectivity index (χ3v) is 8.95. The zero-order chi connectivity index (χ0) is 30.5. The Labute approximate surface area is 267 Å². The van der Waals surface area contributed by atoms with Crippen molar-refractivity contribution in [3.05, 3.63) is 176 Å². The van der Waals surface area contributed by atoms with E-state index in [1.165, 1.54) is 32.6 Å². The number of benzene rings is 7. The van der Waals surface area contributed by atoms with Crippen molar-refractivity contribution in [2.45, 2.75) is 0 Å². The second-order valence-corrected chi connectivity index (χ2v) is 11.7. The summed E-state index contributed by atoms with van der Waals surface area (Å²) in [6.45, 7) is 0. The van der Waals surface area contributed by atoms with Gasteiger partial charge in [0.05, 0.1) is 22.4 Å². The van der Waals surface area contributed by atoms with Crippen LogP contribution in [0, 0.1) is 0 Å². The van der Waals surface area contributed by atoms with Crippen LogP contribution in [0.2, 0.25) is 0 Å². The first-order valence-electron chi connectivity index (χ1n) is 15.7. The predicted octanol–water partition coefficient (Wildman–Crippen LogP) is 11.1. The average Bonchev–Trinajstić information content (AvgIpc) is 3.69. The van der Waals surface area contributed by atoms with E-state index in [1.54, 1.807) is 0 Å². The molecule has 0 aliphatic heterocycles. The monoisotopic (exact) mass is 587 g/mol. The first-order chi connectivity index (χ1) is 22.8. The van der Waals surface area contributed by atoms with E-state index >= 15 is 0 Å². The molecule has 9 aromatic rings. The van der Waals surface area contributed by atoms with Gasteiger partial charge in [0.15, 0.2) is 0 Å². The lowest BCUT2D eigenvalue weighted by Gasteiger charge is -2.13. The summed E-state index contributed by atoms with van der Waals surface area (Å²) in [5.74, 6) is 0. The molecule has 0 aliphatic rings. The summed E-state index contributed by atoms with van der Waals surface area (Å²) in [6.07, 6.45) is 0. The lowest BCUT2D eigenvalue weighted by atomic mass is 9.94. The van der Waals surface area contributed by atoms with Gasteiger partial charge >= 0.3 is 0 Å². The molecule has 0 radical (unpaired) electrons. The van der Waals surface area contributed by atoms with Crippen molar-refractivity contribution in [2.75, 3.05) is 0 Å². The molecule has 2 heterocycles. The van der Waals surface area contributed by atoms with Crippen LogP contribution in [0.15, 0.2) is 176 Å². The molecular formula is C43H29N3. The zero-order valence-corrected chi connectivity index (χ0v) is 25.1. The van der Waals surface area contributed by atoms with Gasteiger partial charge in [0, 0.05) is 33.2 Å². The lowest BCUT2D eigenvalue weighted by molar-refractivity contribution is 0.891. The normalized spacial score (nSPS) is 11.5. The fourth-order valence-electron chi connectivity index (χ4n) is 6.83. The van der Waals surface area contributed by atoms with E-state index in [4.69, 9.17) is 5.10 Å². The number of nitrogens with zero attached hydrogens (tertiary/aromatic N) is 3. The highest BCUT2D eigenvalue weighted by Crippen LogP contribution is 2.42. The van der Waals surface area contributed by atoms with Crippen molar-refractivity contribution in [1.29, 1.82) is 0 Å². The summed E-state index contributed by atoms with van der Waals surface area (Å²) in [6, 6.07) is 62.5. The molecule has 0 atom stereocenters. The van der Waals surface area contributed by atoms with Crippen LogP contribution in [-0.4, -0.2) is 14.3 Å². The van der Waals surface area contributed by atoms with Crippen molar-refractivity contribution in [2.24, 2.45) is 0 Å². The second kappa shape index (κ2) is 10.8. The van der Waals surface area contributed by atoms with E-state index in [0.29, 0.717) is 0 Å². The van der Waals surface area contributed by atoms with Gasteiger partial charge in [-0.15, -0.1) is 0 Å². The van der Waals surface area contributed by atoms with Crippen LogP contribution in [0.3, 0.4) is 0 Å². The van der Waals surface area contributed by atoms with Gasteiger partial charge < -0.3 is 4.57 Å². The number of hydrogen-bond donors (Lipinski definition) is 0. The third-order valence-electron chi connectivity index (χ3n) is 8.95. The fraction of sp³-hybridized carbons (Fsp3) is 0. The summed E-state index contributed by atoms with van der Waals surface area (Å²) in [4.78, 5) is 0. The van der Waals surface area contributed by atoms with Crippen molar-refractivity contribution in [3.8, 4) is 45.0 Å². The minimum Gasteiger partial charge on any atom is -0.309 e. The molecule has 0 unspecified atom stereocenters. The Morgan fingerprint density at radius 3 is 1.61 bits per heavy atom. The van der Waals surface area contributed by atoms with E-state index < -0.39 is 0 Å². The minimum absolute atomic E-state index is 0.959. The van der Waals surface area contributed by atoms with E-state index in [1.807, 2.05) is 0 Å². The molecule has 7 aromatic carbocycles. The van der Waals surface area contributed by atoms with Gasteiger partial charge in [-0.25, -0.2) is 4.68 Å². The number of aromatic nitrogens is 3. The molecule has 0 fully saturated rings. The molecule has 0 saturated carbocycles. The van der Waals surface area contributed by atoms with Gasteiger partial charge in [-0.1, -0.05) is 133 Å². The number of hydrogen-bond acceptors (Lipinski definition) is 1. The molecule has 216 valence electrons. The van der Waals surface area contributed by atoms with E-state index in [9.17, 15) is 0 Å². The SMILES string of the molecule is c1ccc(-c2nn(-c3ccc(-n4c5ccccc5c5ccccc54)cc3)c(-c3ccccc3)c2-c2ccc3ccccc3c2)cc1. The Balaban J connectivity index is 1.28. The molecule has 0 saturated heterocycles. The number of para-hydroxylation sites is 2. The van der Waals surface area contributed by atoms with Gasteiger partial charge in [-0.05, 0) is 58.8 Å². The standard InChI is InChI=1S/C43H29N3/c1-3-14-31(15-4-1)42-41(34-24-23-30-13-7-8-18-33(30)29-34)43(32-16-5-2-6-17-32)46(44-42)36-27-25-35(26-28-36)45-39-21-11-9-19-37(39)38-20-10-12-22-40(38)45/h1-29H. The molecule has 0 aliphatic carbocycles. The Morgan fingerprint density at radius 1 is 0.391 bits per heavy atom. The van der Waals surface area contributed by atoms with Crippen molar-refractivity contribution in [1.82, 2.24) is 14.3 Å². The first-order valence-corrected chi connectivity index (χ1v) is 15.7. The van der Waals surface area contributed by atoms with Crippen LogP contribution in [0.4, 0.5) is 0 Å². The maximum atomic E-state index is 5.39. The fourth-order valence-corrected chi connectivity index (χ4v) is 6.83. The smallest absolute Gasteiger partial charge is 0.101 e. The molecule has 0 bridgehead atoms. The highest BCUT2D eigenvalue weighted by molar-refractivity contribution is 6.09. The Bertz CT molecular complexity index is 2450. The van der Waals surface area contributed by atoms with Crippen molar-refractivity contribution in [3.63, 3.8) is 0 Å².